The maximum absolute atomic E-state index is 12.7. The van der Waals surface area contributed by atoms with Gasteiger partial charge in [-0.25, -0.2) is 14.4 Å². The van der Waals surface area contributed by atoms with Crippen molar-refractivity contribution >= 4 is 12.2 Å². The van der Waals surface area contributed by atoms with Crippen LogP contribution < -0.4 is 11.2 Å². The molecule has 0 unspecified atom stereocenters. The second kappa shape index (κ2) is 10.7. The molecule has 13 heteroatoms. The zero-order valence-corrected chi connectivity index (χ0v) is 19.3. The van der Waals surface area contributed by atoms with Gasteiger partial charge in [-0.15, -0.1) is 5.06 Å². The van der Waals surface area contributed by atoms with Crippen molar-refractivity contribution in [2.24, 2.45) is 0 Å². The monoisotopic (exact) mass is 493 g/mol. The number of amides is 1. The third-order valence-corrected chi connectivity index (χ3v) is 4.79. The number of hydrogen-bond acceptors (Lipinski definition) is 10. The van der Waals surface area contributed by atoms with Gasteiger partial charge < -0.3 is 29.3 Å². The van der Waals surface area contributed by atoms with Crippen LogP contribution in [0.25, 0.3) is 0 Å². The Bertz CT molecular complexity index is 1140. The van der Waals surface area contributed by atoms with Crippen LogP contribution in [0.15, 0.2) is 52.2 Å². The smallest absolute Gasteiger partial charge is 0.442 e. The van der Waals surface area contributed by atoms with Gasteiger partial charge in [0.25, 0.3) is 5.56 Å². The molecule has 4 atom stereocenters. The summed E-state index contributed by atoms with van der Waals surface area (Å²) in [5.74, 6) is 0. The molecule has 2 aromatic rings. The summed E-state index contributed by atoms with van der Waals surface area (Å²) in [4.78, 5) is 55.3. The molecule has 0 saturated carbocycles. The lowest BCUT2D eigenvalue weighted by Crippen LogP contribution is -2.45. The Morgan fingerprint density at radius 1 is 1.11 bits per heavy atom. The minimum Gasteiger partial charge on any atom is -0.442 e. The van der Waals surface area contributed by atoms with Crippen molar-refractivity contribution in [3.8, 4) is 0 Å². The predicted octanol–water partition coefficient (Wildman–Crippen LogP) is 0.661. The number of benzene rings is 1. The number of hydroxylamine groups is 2. The number of nitrogens with zero attached hydrogens (tertiary/aromatic N) is 2. The van der Waals surface area contributed by atoms with Crippen molar-refractivity contribution in [2.75, 3.05) is 6.54 Å². The highest BCUT2D eigenvalue weighted by Crippen LogP contribution is 2.29. The van der Waals surface area contributed by atoms with Gasteiger partial charge in [0, 0.05) is 12.3 Å². The fourth-order valence-electron chi connectivity index (χ4n) is 3.20. The molecule has 190 valence electrons. The summed E-state index contributed by atoms with van der Waals surface area (Å²) in [6.45, 7) is 4.10. The van der Waals surface area contributed by atoms with E-state index >= 15 is 0 Å². The molecule has 35 heavy (non-hydrogen) atoms. The van der Waals surface area contributed by atoms with Gasteiger partial charge >= 0.3 is 17.9 Å². The molecule has 1 saturated heterocycles. The van der Waals surface area contributed by atoms with Gasteiger partial charge in [-0.3, -0.25) is 14.3 Å². The Balaban J connectivity index is 1.73. The van der Waals surface area contributed by atoms with Crippen LogP contribution >= 0.6 is 0 Å². The van der Waals surface area contributed by atoms with Crippen molar-refractivity contribution in [1.82, 2.24) is 14.6 Å². The van der Waals surface area contributed by atoms with Crippen LogP contribution in [0.2, 0.25) is 0 Å². The highest BCUT2D eigenvalue weighted by Gasteiger charge is 2.46. The van der Waals surface area contributed by atoms with E-state index in [0.717, 1.165) is 16.8 Å². The molecule has 3 rings (SSSR count). The molecule has 1 aliphatic rings. The van der Waals surface area contributed by atoms with Gasteiger partial charge in [-0.2, -0.15) is 0 Å². The van der Waals surface area contributed by atoms with E-state index in [1.54, 1.807) is 51.1 Å². The zero-order chi connectivity index (χ0) is 25.8. The Labute approximate surface area is 199 Å². The number of aromatic amines is 1. The summed E-state index contributed by atoms with van der Waals surface area (Å²) >= 11 is 0. The normalized spacial score (nSPS) is 21.9. The SMILES string of the molecule is CC(C)(C)OC(=O)N(C[C@H]1O[C@@H](n2ccc(=O)[nH]c2=O)[C@H](O)[C@@H]1O)OC(=O)OCc1ccccc1. The maximum Gasteiger partial charge on any atom is 0.533 e. The largest absolute Gasteiger partial charge is 0.533 e. The van der Waals surface area contributed by atoms with E-state index < -0.39 is 60.2 Å². The number of aromatic nitrogens is 2. The van der Waals surface area contributed by atoms with Crippen molar-refractivity contribution < 1.29 is 38.9 Å². The summed E-state index contributed by atoms with van der Waals surface area (Å²) in [6, 6.07) is 9.79. The molecule has 1 aromatic carbocycles. The lowest BCUT2D eigenvalue weighted by atomic mass is 10.1. The average molecular weight is 493 g/mol. The number of carbonyl (C=O) groups excluding carboxylic acids is 2. The van der Waals surface area contributed by atoms with Gasteiger partial charge in [0.15, 0.2) is 6.23 Å². The van der Waals surface area contributed by atoms with E-state index in [9.17, 15) is 29.4 Å². The minimum absolute atomic E-state index is 0.125. The third-order valence-electron chi connectivity index (χ3n) is 4.79. The number of ether oxygens (including phenoxy) is 3. The molecular weight excluding hydrogens is 466 g/mol. The molecule has 0 radical (unpaired) electrons. The summed E-state index contributed by atoms with van der Waals surface area (Å²) in [6.07, 6.45) is -7.09. The number of hydrogen-bond donors (Lipinski definition) is 3. The van der Waals surface area contributed by atoms with E-state index in [0.29, 0.717) is 10.6 Å². The highest BCUT2D eigenvalue weighted by molar-refractivity contribution is 5.70. The van der Waals surface area contributed by atoms with Crippen LogP contribution in [0.1, 0.15) is 32.6 Å². The van der Waals surface area contributed by atoms with Gasteiger partial charge in [-0.05, 0) is 26.3 Å². The van der Waals surface area contributed by atoms with Crippen LogP contribution in [0, 0.1) is 0 Å². The van der Waals surface area contributed by atoms with E-state index in [1.807, 2.05) is 4.98 Å². The first-order valence-corrected chi connectivity index (χ1v) is 10.7. The number of nitrogens with one attached hydrogen (secondary N) is 1. The van der Waals surface area contributed by atoms with Gasteiger partial charge in [0.2, 0.25) is 0 Å². The molecule has 1 amide bonds. The van der Waals surface area contributed by atoms with Gasteiger partial charge in [0.05, 0.1) is 6.54 Å². The topological polar surface area (TPSA) is 170 Å². The maximum atomic E-state index is 12.7. The summed E-state index contributed by atoms with van der Waals surface area (Å²) in [5, 5.41) is 21.4. The van der Waals surface area contributed by atoms with Crippen molar-refractivity contribution in [3.63, 3.8) is 0 Å². The number of carbonyl (C=O) groups is 2. The first kappa shape index (κ1) is 25.9. The number of aliphatic hydroxyl groups is 2. The van der Waals surface area contributed by atoms with Crippen molar-refractivity contribution in [2.45, 2.75) is 57.5 Å². The fraction of sp³-hybridized carbons (Fsp3) is 0.455. The van der Waals surface area contributed by atoms with Crippen LogP contribution in [-0.2, 0) is 25.7 Å². The molecule has 1 fully saturated rings. The first-order valence-electron chi connectivity index (χ1n) is 10.7. The van der Waals surface area contributed by atoms with Crippen LogP contribution in [0.3, 0.4) is 0 Å². The number of aliphatic hydroxyl groups excluding tert-OH is 2. The van der Waals surface area contributed by atoms with Crippen LogP contribution in [0.5, 0.6) is 0 Å². The Hall–Kier alpha value is -3.68. The molecule has 0 spiro atoms. The molecule has 0 aliphatic carbocycles. The molecular formula is C22H27N3O10. The van der Waals surface area contributed by atoms with E-state index in [1.165, 1.54) is 0 Å². The lowest BCUT2D eigenvalue weighted by molar-refractivity contribution is -0.149. The van der Waals surface area contributed by atoms with Gasteiger partial charge in [0.1, 0.15) is 30.5 Å². The number of H-pyrrole nitrogens is 1. The summed E-state index contributed by atoms with van der Waals surface area (Å²) in [7, 11) is 0. The van der Waals surface area contributed by atoms with Crippen LogP contribution in [-0.4, -0.2) is 67.5 Å². The summed E-state index contributed by atoms with van der Waals surface area (Å²) < 4.78 is 16.7. The molecule has 13 nitrogen and oxygen atoms in total. The summed E-state index contributed by atoms with van der Waals surface area (Å²) in [5.41, 5.74) is -1.80. The molecule has 0 bridgehead atoms. The van der Waals surface area contributed by atoms with Crippen molar-refractivity contribution in [3.05, 3.63) is 69.0 Å². The lowest BCUT2D eigenvalue weighted by Gasteiger charge is -2.27. The highest BCUT2D eigenvalue weighted by atomic mass is 16.8. The van der Waals surface area contributed by atoms with E-state index in [2.05, 4.69) is 0 Å². The average Bonchev–Trinajstić information content (AvgIpc) is 3.05. The quantitative estimate of drug-likeness (QED) is 0.397. The predicted molar refractivity (Wildman–Crippen MR) is 118 cm³/mol. The Morgan fingerprint density at radius 3 is 2.43 bits per heavy atom. The zero-order valence-electron chi connectivity index (χ0n) is 19.3. The molecule has 1 aromatic heterocycles. The van der Waals surface area contributed by atoms with Gasteiger partial charge in [-0.1, -0.05) is 30.3 Å². The van der Waals surface area contributed by atoms with E-state index in [4.69, 9.17) is 19.0 Å². The van der Waals surface area contributed by atoms with Crippen molar-refractivity contribution in [1.29, 1.82) is 0 Å². The van der Waals surface area contributed by atoms with Crippen LogP contribution in [0.4, 0.5) is 9.59 Å². The molecule has 1 aliphatic heterocycles. The molecule has 2 heterocycles. The van der Waals surface area contributed by atoms with E-state index in [-0.39, 0.29) is 6.61 Å². The Morgan fingerprint density at radius 2 is 1.80 bits per heavy atom. The first-order chi connectivity index (χ1) is 16.4. The Kier molecular flexibility index (Phi) is 7.94. The fourth-order valence-corrected chi connectivity index (χ4v) is 3.20. The number of rotatable bonds is 5. The third kappa shape index (κ3) is 6.91. The minimum atomic E-state index is -1.60. The molecule has 3 N–H and O–H groups in total. The second-order valence-electron chi connectivity index (χ2n) is 8.72. The standard InChI is InChI=1S/C22H27N3O10/c1-22(2,3)34-20(30)25(35-21(31)32-12-13-7-5-4-6-8-13)11-14-16(27)17(28)18(33-14)24-10-9-15(26)23-19(24)29/h4-10,14,16-18,27-28H,11-12H2,1-3H3,(H,23,26,29)/t14-,16-,17-,18-/m1/s1. The second-order valence-corrected chi connectivity index (χ2v) is 8.72.